The van der Waals surface area contributed by atoms with Crippen LogP contribution in [-0.4, -0.2) is 18.3 Å². The summed E-state index contributed by atoms with van der Waals surface area (Å²) < 4.78 is 5.56. The zero-order valence-corrected chi connectivity index (χ0v) is 9.34. The zero-order chi connectivity index (χ0) is 11.1. The summed E-state index contributed by atoms with van der Waals surface area (Å²) in [5.74, 6) is 0.766. The van der Waals surface area contributed by atoms with Gasteiger partial charge in [-0.15, -0.1) is 0 Å². The van der Waals surface area contributed by atoms with Crippen LogP contribution in [0.1, 0.15) is 17.5 Å². The molecule has 1 heterocycles. The first-order valence-corrected chi connectivity index (χ1v) is 5.28. The van der Waals surface area contributed by atoms with Crippen LogP contribution in [0.15, 0.2) is 12.1 Å². The minimum atomic E-state index is -0.719. The van der Waals surface area contributed by atoms with Crippen LogP contribution in [0, 0.1) is 6.92 Å². The smallest absolute Gasteiger partial charge is 0.127 e. The molecule has 0 saturated heterocycles. The lowest BCUT2D eigenvalue weighted by atomic mass is 9.85. The van der Waals surface area contributed by atoms with E-state index < -0.39 is 5.54 Å². The van der Waals surface area contributed by atoms with E-state index in [4.69, 9.17) is 22.1 Å². The molecule has 1 aliphatic heterocycles. The summed E-state index contributed by atoms with van der Waals surface area (Å²) in [6.45, 7) is 2.36. The van der Waals surface area contributed by atoms with Crippen molar-refractivity contribution in [2.45, 2.75) is 18.9 Å². The lowest BCUT2D eigenvalue weighted by Crippen LogP contribution is -2.44. The Morgan fingerprint density at radius 3 is 3.00 bits per heavy atom. The van der Waals surface area contributed by atoms with E-state index in [1.165, 1.54) is 0 Å². The van der Waals surface area contributed by atoms with E-state index in [-0.39, 0.29) is 6.61 Å². The fourth-order valence-corrected chi connectivity index (χ4v) is 2.20. The quantitative estimate of drug-likeness (QED) is 0.766. The molecule has 0 spiro atoms. The molecule has 1 unspecified atom stereocenters. The van der Waals surface area contributed by atoms with Gasteiger partial charge in [-0.25, -0.2) is 0 Å². The highest BCUT2D eigenvalue weighted by atomic mass is 35.5. The van der Waals surface area contributed by atoms with Gasteiger partial charge in [0.15, 0.2) is 0 Å². The third-order valence-electron chi connectivity index (χ3n) is 2.85. The average molecular weight is 228 g/mol. The molecule has 1 aromatic rings. The summed E-state index contributed by atoms with van der Waals surface area (Å²) in [6.07, 6.45) is 0.607. The van der Waals surface area contributed by atoms with Crippen LogP contribution in [0.25, 0.3) is 0 Å². The number of aryl methyl sites for hydroxylation is 1. The third kappa shape index (κ3) is 1.71. The Balaban J connectivity index is 2.60. The van der Waals surface area contributed by atoms with Gasteiger partial charge < -0.3 is 15.6 Å². The molecule has 2 rings (SSSR count). The van der Waals surface area contributed by atoms with Crippen molar-refractivity contribution in [2.75, 3.05) is 13.2 Å². The van der Waals surface area contributed by atoms with E-state index in [1.807, 2.05) is 13.0 Å². The summed E-state index contributed by atoms with van der Waals surface area (Å²) >= 11 is 5.97. The van der Waals surface area contributed by atoms with Crippen molar-refractivity contribution in [3.05, 3.63) is 28.3 Å². The van der Waals surface area contributed by atoms with Crippen LogP contribution in [-0.2, 0) is 5.54 Å². The summed E-state index contributed by atoms with van der Waals surface area (Å²) in [6, 6.07) is 3.61. The van der Waals surface area contributed by atoms with Gasteiger partial charge in [-0.05, 0) is 24.6 Å². The number of benzene rings is 1. The van der Waals surface area contributed by atoms with E-state index in [2.05, 4.69) is 0 Å². The van der Waals surface area contributed by atoms with Crippen LogP contribution >= 0.6 is 11.6 Å². The third-order valence-corrected chi connectivity index (χ3v) is 3.07. The predicted molar refractivity (Wildman–Crippen MR) is 59.3 cm³/mol. The SMILES string of the molecule is Cc1cc(Cl)cc2c1OCCC2(N)CO. The molecule has 1 atom stereocenters. The van der Waals surface area contributed by atoms with Gasteiger partial charge in [0.1, 0.15) is 5.75 Å². The van der Waals surface area contributed by atoms with Crippen LogP contribution in [0.5, 0.6) is 5.75 Å². The minimum Gasteiger partial charge on any atom is -0.493 e. The van der Waals surface area contributed by atoms with Gasteiger partial charge in [-0.1, -0.05) is 11.6 Å². The molecule has 0 bridgehead atoms. The number of rotatable bonds is 1. The molecule has 15 heavy (non-hydrogen) atoms. The monoisotopic (exact) mass is 227 g/mol. The lowest BCUT2D eigenvalue weighted by Gasteiger charge is -2.34. The highest BCUT2D eigenvalue weighted by Crippen LogP contribution is 2.39. The highest BCUT2D eigenvalue weighted by molar-refractivity contribution is 6.30. The van der Waals surface area contributed by atoms with E-state index >= 15 is 0 Å². The van der Waals surface area contributed by atoms with Crippen LogP contribution in [0.3, 0.4) is 0 Å². The van der Waals surface area contributed by atoms with Gasteiger partial charge in [-0.3, -0.25) is 0 Å². The molecular weight excluding hydrogens is 214 g/mol. The summed E-state index contributed by atoms with van der Waals surface area (Å²) in [4.78, 5) is 0. The zero-order valence-electron chi connectivity index (χ0n) is 8.59. The normalized spacial score (nSPS) is 24.5. The number of nitrogens with two attached hydrogens (primary N) is 1. The lowest BCUT2D eigenvalue weighted by molar-refractivity contribution is 0.138. The van der Waals surface area contributed by atoms with Crippen molar-refractivity contribution in [3.63, 3.8) is 0 Å². The van der Waals surface area contributed by atoms with Crippen molar-refractivity contribution < 1.29 is 9.84 Å². The Bertz CT molecular complexity index is 394. The van der Waals surface area contributed by atoms with Gasteiger partial charge in [-0.2, -0.15) is 0 Å². The molecule has 0 aromatic heterocycles. The molecule has 0 radical (unpaired) electrons. The maximum atomic E-state index is 9.36. The number of hydrogen-bond acceptors (Lipinski definition) is 3. The van der Waals surface area contributed by atoms with Gasteiger partial charge >= 0.3 is 0 Å². The summed E-state index contributed by atoms with van der Waals surface area (Å²) in [7, 11) is 0. The number of ether oxygens (including phenoxy) is 1. The highest BCUT2D eigenvalue weighted by Gasteiger charge is 2.34. The fourth-order valence-electron chi connectivity index (χ4n) is 1.93. The maximum absolute atomic E-state index is 9.36. The van der Waals surface area contributed by atoms with E-state index in [0.29, 0.717) is 18.1 Å². The average Bonchev–Trinajstić information content (AvgIpc) is 2.20. The number of aliphatic hydroxyl groups is 1. The molecule has 0 aliphatic carbocycles. The molecule has 0 fully saturated rings. The number of hydrogen-bond donors (Lipinski definition) is 2. The Labute approximate surface area is 93.8 Å². The van der Waals surface area contributed by atoms with Gasteiger partial charge in [0.2, 0.25) is 0 Å². The Kier molecular flexibility index (Phi) is 2.63. The van der Waals surface area contributed by atoms with Crippen molar-refractivity contribution >= 4 is 11.6 Å². The van der Waals surface area contributed by atoms with Crippen molar-refractivity contribution in [2.24, 2.45) is 5.73 Å². The van der Waals surface area contributed by atoms with Crippen molar-refractivity contribution in [3.8, 4) is 5.75 Å². The molecule has 1 aromatic carbocycles. The second-order valence-electron chi connectivity index (χ2n) is 4.01. The Morgan fingerprint density at radius 1 is 1.60 bits per heavy atom. The Morgan fingerprint density at radius 2 is 2.33 bits per heavy atom. The molecule has 4 heteroatoms. The standard InChI is InChI=1S/C11H14ClNO2/c1-7-4-8(12)5-9-10(7)15-3-2-11(9,13)6-14/h4-5,14H,2-3,6,13H2,1H3. The second kappa shape index (κ2) is 3.67. The summed E-state index contributed by atoms with van der Waals surface area (Å²) in [5, 5.41) is 9.98. The summed E-state index contributed by atoms with van der Waals surface area (Å²) in [5.41, 5.74) is 7.17. The predicted octanol–water partition coefficient (Wildman–Crippen LogP) is 1.58. The first-order chi connectivity index (χ1) is 7.07. The van der Waals surface area contributed by atoms with Gasteiger partial charge in [0, 0.05) is 17.0 Å². The van der Waals surface area contributed by atoms with Crippen molar-refractivity contribution in [1.82, 2.24) is 0 Å². The van der Waals surface area contributed by atoms with Gasteiger partial charge in [0.05, 0.1) is 18.8 Å². The molecule has 1 aliphatic rings. The number of halogens is 1. The number of fused-ring (bicyclic) bond motifs is 1. The molecule has 3 N–H and O–H groups in total. The van der Waals surface area contributed by atoms with Gasteiger partial charge in [0.25, 0.3) is 0 Å². The molecule has 0 amide bonds. The second-order valence-corrected chi connectivity index (χ2v) is 4.45. The van der Waals surface area contributed by atoms with E-state index in [9.17, 15) is 5.11 Å². The minimum absolute atomic E-state index is 0.0941. The first-order valence-electron chi connectivity index (χ1n) is 4.90. The largest absolute Gasteiger partial charge is 0.493 e. The fraction of sp³-hybridized carbons (Fsp3) is 0.455. The van der Waals surface area contributed by atoms with Crippen LogP contribution in [0.4, 0.5) is 0 Å². The molecule has 0 saturated carbocycles. The molecule has 82 valence electrons. The van der Waals surface area contributed by atoms with Crippen LogP contribution < -0.4 is 10.5 Å². The molecular formula is C11H14ClNO2. The maximum Gasteiger partial charge on any atom is 0.127 e. The van der Waals surface area contributed by atoms with E-state index in [1.54, 1.807) is 6.07 Å². The molecule has 3 nitrogen and oxygen atoms in total. The topological polar surface area (TPSA) is 55.5 Å². The Hall–Kier alpha value is -0.770. The van der Waals surface area contributed by atoms with Crippen LogP contribution in [0.2, 0.25) is 5.02 Å². The number of aliphatic hydroxyl groups excluding tert-OH is 1. The van der Waals surface area contributed by atoms with E-state index in [0.717, 1.165) is 16.9 Å². The van der Waals surface area contributed by atoms with Crippen molar-refractivity contribution in [1.29, 1.82) is 0 Å². The first kappa shape index (κ1) is 10.7.